The molecule has 1 aliphatic rings. The maximum atomic E-state index is 11.8. The number of nitrogens with one attached hydrogen (secondary N) is 1. The zero-order valence-corrected chi connectivity index (χ0v) is 13.2. The number of ether oxygens (including phenoxy) is 1. The summed E-state index contributed by atoms with van der Waals surface area (Å²) in [6.07, 6.45) is 7.46. The van der Waals surface area contributed by atoms with Gasteiger partial charge in [0, 0.05) is 19.6 Å². The van der Waals surface area contributed by atoms with Gasteiger partial charge in [0.1, 0.15) is 0 Å². The van der Waals surface area contributed by atoms with Crippen LogP contribution in [0.3, 0.4) is 0 Å². The van der Waals surface area contributed by atoms with Crippen molar-refractivity contribution >= 4 is 5.91 Å². The van der Waals surface area contributed by atoms with Gasteiger partial charge < -0.3 is 15.8 Å². The fourth-order valence-corrected chi connectivity index (χ4v) is 2.84. The standard InChI is InChI=1S/C16H32N2O2/c1-13(2)14(8-10-17)6-7-16(19)18-11-9-15-5-3-4-12-20-15/h13-15H,3-12,17H2,1-2H3,(H,18,19). The Kier molecular flexibility index (Phi) is 8.86. The van der Waals surface area contributed by atoms with E-state index >= 15 is 0 Å². The summed E-state index contributed by atoms with van der Waals surface area (Å²) in [6.45, 7) is 6.75. The van der Waals surface area contributed by atoms with E-state index in [9.17, 15) is 4.79 Å². The molecule has 0 aromatic heterocycles. The van der Waals surface area contributed by atoms with Gasteiger partial charge in [-0.2, -0.15) is 0 Å². The second-order valence-corrected chi connectivity index (χ2v) is 6.25. The summed E-state index contributed by atoms with van der Waals surface area (Å²) in [5, 5.41) is 3.02. The molecule has 1 aliphatic heterocycles. The fourth-order valence-electron chi connectivity index (χ4n) is 2.84. The van der Waals surface area contributed by atoms with Gasteiger partial charge in [0.25, 0.3) is 0 Å². The highest BCUT2D eigenvalue weighted by Crippen LogP contribution is 2.20. The van der Waals surface area contributed by atoms with Crippen LogP contribution < -0.4 is 11.1 Å². The summed E-state index contributed by atoms with van der Waals surface area (Å²) in [6, 6.07) is 0. The van der Waals surface area contributed by atoms with Crippen LogP contribution in [0.2, 0.25) is 0 Å². The molecule has 1 fully saturated rings. The van der Waals surface area contributed by atoms with E-state index in [1.807, 2.05) is 0 Å². The molecular weight excluding hydrogens is 252 g/mol. The van der Waals surface area contributed by atoms with Gasteiger partial charge in [0.15, 0.2) is 0 Å². The monoisotopic (exact) mass is 284 g/mol. The molecule has 1 heterocycles. The van der Waals surface area contributed by atoms with Crippen molar-refractivity contribution in [2.24, 2.45) is 17.6 Å². The summed E-state index contributed by atoms with van der Waals surface area (Å²) in [5.74, 6) is 1.33. The fraction of sp³-hybridized carbons (Fsp3) is 0.938. The van der Waals surface area contributed by atoms with Crippen LogP contribution >= 0.6 is 0 Å². The van der Waals surface area contributed by atoms with Crippen molar-refractivity contribution in [3.05, 3.63) is 0 Å². The van der Waals surface area contributed by atoms with Crippen molar-refractivity contribution in [3.8, 4) is 0 Å². The van der Waals surface area contributed by atoms with Crippen LogP contribution in [0.1, 0.15) is 58.8 Å². The van der Waals surface area contributed by atoms with Gasteiger partial charge in [-0.3, -0.25) is 4.79 Å². The lowest BCUT2D eigenvalue weighted by Gasteiger charge is -2.22. The minimum atomic E-state index is 0.170. The van der Waals surface area contributed by atoms with E-state index in [4.69, 9.17) is 10.5 Å². The van der Waals surface area contributed by atoms with E-state index in [2.05, 4.69) is 19.2 Å². The lowest BCUT2D eigenvalue weighted by atomic mass is 9.88. The molecule has 1 amide bonds. The largest absolute Gasteiger partial charge is 0.378 e. The van der Waals surface area contributed by atoms with Crippen LogP contribution in [0.25, 0.3) is 0 Å². The van der Waals surface area contributed by atoms with Gasteiger partial charge >= 0.3 is 0 Å². The SMILES string of the molecule is CC(C)C(CCN)CCC(=O)NCCC1CCCCO1. The van der Waals surface area contributed by atoms with E-state index in [-0.39, 0.29) is 5.91 Å². The maximum absolute atomic E-state index is 11.8. The highest BCUT2D eigenvalue weighted by Gasteiger charge is 2.16. The summed E-state index contributed by atoms with van der Waals surface area (Å²) in [5.41, 5.74) is 5.62. The average Bonchev–Trinajstić information content (AvgIpc) is 2.44. The number of nitrogens with two attached hydrogens (primary N) is 1. The first-order valence-electron chi connectivity index (χ1n) is 8.21. The van der Waals surface area contributed by atoms with Gasteiger partial charge in [0.05, 0.1) is 6.10 Å². The minimum absolute atomic E-state index is 0.170. The summed E-state index contributed by atoms with van der Waals surface area (Å²) in [7, 11) is 0. The Balaban J connectivity index is 2.09. The number of hydrogen-bond donors (Lipinski definition) is 2. The highest BCUT2D eigenvalue weighted by molar-refractivity contribution is 5.75. The summed E-state index contributed by atoms with van der Waals surface area (Å²) >= 11 is 0. The van der Waals surface area contributed by atoms with Gasteiger partial charge in [-0.25, -0.2) is 0 Å². The Morgan fingerprint density at radius 3 is 2.75 bits per heavy atom. The molecule has 118 valence electrons. The van der Waals surface area contributed by atoms with Crippen molar-refractivity contribution in [3.63, 3.8) is 0 Å². The highest BCUT2D eigenvalue weighted by atomic mass is 16.5. The molecule has 4 heteroatoms. The smallest absolute Gasteiger partial charge is 0.220 e. The van der Waals surface area contributed by atoms with E-state index < -0.39 is 0 Å². The molecular formula is C16H32N2O2. The topological polar surface area (TPSA) is 64.4 Å². The predicted octanol–water partition coefficient (Wildman–Crippen LogP) is 2.46. The number of amides is 1. The summed E-state index contributed by atoms with van der Waals surface area (Å²) < 4.78 is 5.66. The molecule has 3 N–H and O–H groups in total. The van der Waals surface area contributed by atoms with E-state index in [1.165, 1.54) is 12.8 Å². The Morgan fingerprint density at radius 2 is 2.15 bits per heavy atom. The molecule has 2 atom stereocenters. The van der Waals surface area contributed by atoms with Crippen LogP contribution in [-0.2, 0) is 9.53 Å². The van der Waals surface area contributed by atoms with E-state index in [0.29, 0.717) is 30.9 Å². The lowest BCUT2D eigenvalue weighted by Crippen LogP contribution is -2.30. The molecule has 0 spiro atoms. The van der Waals surface area contributed by atoms with Gasteiger partial charge in [-0.05, 0) is 56.9 Å². The molecule has 20 heavy (non-hydrogen) atoms. The van der Waals surface area contributed by atoms with Crippen molar-refractivity contribution in [2.75, 3.05) is 19.7 Å². The van der Waals surface area contributed by atoms with Crippen LogP contribution in [0, 0.1) is 11.8 Å². The number of carbonyl (C=O) groups is 1. The molecule has 1 saturated heterocycles. The number of carbonyl (C=O) groups excluding carboxylic acids is 1. The minimum Gasteiger partial charge on any atom is -0.378 e. The molecule has 4 nitrogen and oxygen atoms in total. The molecule has 0 radical (unpaired) electrons. The Hall–Kier alpha value is -0.610. The predicted molar refractivity (Wildman–Crippen MR) is 82.5 cm³/mol. The van der Waals surface area contributed by atoms with Crippen molar-refractivity contribution < 1.29 is 9.53 Å². The summed E-state index contributed by atoms with van der Waals surface area (Å²) in [4.78, 5) is 11.8. The first-order chi connectivity index (χ1) is 9.63. The lowest BCUT2D eigenvalue weighted by molar-refractivity contribution is -0.121. The second kappa shape index (κ2) is 10.2. The zero-order chi connectivity index (χ0) is 14.8. The normalized spacial score (nSPS) is 20.9. The first-order valence-corrected chi connectivity index (χ1v) is 8.21. The Morgan fingerprint density at radius 1 is 1.35 bits per heavy atom. The first kappa shape index (κ1) is 17.4. The van der Waals surface area contributed by atoms with E-state index in [1.54, 1.807) is 0 Å². The third-order valence-electron chi connectivity index (χ3n) is 4.28. The van der Waals surface area contributed by atoms with Gasteiger partial charge in [-0.15, -0.1) is 0 Å². The Bertz CT molecular complexity index is 263. The van der Waals surface area contributed by atoms with Gasteiger partial charge in [-0.1, -0.05) is 13.8 Å². The molecule has 0 aromatic rings. The second-order valence-electron chi connectivity index (χ2n) is 6.25. The maximum Gasteiger partial charge on any atom is 0.220 e. The molecule has 0 aliphatic carbocycles. The Labute approximate surface area is 123 Å². The van der Waals surface area contributed by atoms with Crippen LogP contribution in [0.15, 0.2) is 0 Å². The van der Waals surface area contributed by atoms with Crippen LogP contribution in [-0.4, -0.2) is 31.7 Å². The number of hydrogen-bond acceptors (Lipinski definition) is 3. The molecule has 0 aromatic carbocycles. The quantitative estimate of drug-likeness (QED) is 0.683. The van der Waals surface area contributed by atoms with Crippen LogP contribution in [0.5, 0.6) is 0 Å². The van der Waals surface area contributed by atoms with Gasteiger partial charge in [0.2, 0.25) is 5.91 Å². The molecule has 2 unspecified atom stereocenters. The van der Waals surface area contributed by atoms with Crippen LogP contribution in [0.4, 0.5) is 0 Å². The van der Waals surface area contributed by atoms with E-state index in [0.717, 1.165) is 38.8 Å². The number of rotatable bonds is 9. The third-order valence-corrected chi connectivity index (χ3v) is 4.28. The zero-order valence-electron chi connectivity index (χ0n) is 13.2. The van der Waals surface area contributed by atoms with Crippen molar-refractivity contribution in [2.45, 2.75) is 64.9 Å². The molecule has 0 bridgehead atoms. The third kappa shape index (κ3) is 7.25. The van der Waals surface area contributed by atoms with Crippen molar-refractivity contribution in [1.29, 1.82) is 0 Å². The average molecular weight is 284 g/mol. The molecule has 1 rings (SSSR count). The molecule has 0 saturated carbocycles. The van der Waals surface area contributed by atoms with Crippen molar-refractivity contribution in [1.82, 2.24) is 5.32 Å².